The van der Waals surface area contributed by atoms with E-state index in [1.807, 2.05) is 20.8 Å². The van der Waals surface area contributed by atoms with E-state index in [0.717, 1.165) is 12.8 Å². The third-order valence-electron chi connectivity index (χ3n) is 2.51. The SMILES string of the molecule is CC(C)(C)OC(=O)N1CCC[C@H](C(=N)N)C1. The predicted octanol–water partition coefficient (Wildman–Crippen LogP) is 1.57. The summed E-state index contributed by atoms with van der Waals surface area (Å²) in [5.41, 5.74) is 4.99. The molecule has 0 radical (unpaired) electrons. The van der Waals surface area contributed by atoms with Gasteiger partial charge in [-0.05, 0) is 33.6 Å². The fourth-order valence-corrected chi connectivity index (χ4v) is 1.72. The van der Waals surface area contributed by atoms with Gasteiger partial charge in [0.1, 0.15) is 5.60 Å². The second-order valence-corrected chi connectivity index (χ2v) is 5.22. The van der Waals surface area contributed by atoms with Crippen molar-refractivity contribution in [2.75, 3.05) is 13.1 Å². The van der Waals surface area contributed by atoms with Crippen LogP contribution in [0.25, 0.3) is 0 Å². The Morgan fingerprint density at radius 3 is 2.62 bits per heavy atom. The molecule has 0 bridgehead atoms. The van der Waals surface area contributed by atoms with E-state index in [9.17, 15) is 4.79 Å². The molecule has 1 saturated heterocycles. The van der Waals surface area contributed by atoms with Gasteiger partial charge in [-0.15, -0.1) is 0 Å². The first-order valence-electron chi connectivity index (χ1n) is 5.61. The van der Waals surface area contributed by atoms with Crippen LogP contribution in [0.15, 0.2) is 0 Å². The molecule has 1 fully saturated rings. The molecule has 1 aliphatic heterocycles. The van der Waals surface area contributed by atoms with Crippen LogP contribution in [0.3, 0.4) is 0 Å². The number of piperidine rings is 1. The van der Waals surface area contributed by atoms with Crippen LogP contribution in [-0.4, -0.2) is 35.5 Å². The Kier molecular flexibility index (Phi) is 3.78. The summed E-state index contributed by atoms with van der Waals surface area (Å²) in [7, 11) is 0. The van der Waals surface area contributed by atoms with Crippen molar-refractivity contribution in [2.45, 2.75) is 39.2 Å². The Hall–Kier alpha value is -1.26. The maximum atomic E-state index is 11.8. The molecule has 0 aromatic carbocycles. The van der Waals surface area contributed by atoms with Crippen molar-refractivity contribution >= 4 is 11.9 Å². The number of hydrogen-bond donors (Lipinski definition) is 2. The fraction of sp³-hybridized carbons (Fsp3) is 0.818. The van der Waals surface area contributed by atoms with Crippen LogP contribution >= 0.6 is 0 Å². The number of carbonyl (C=O) groups is 1. The van der Waals surface area contributed by atoms with Crippen LogP contribution in [0.5, 0.6) is 0 Å². The maximum absolute atomic E-state index is 11.8. The summed E-state index contributed by atoms with van der Waals surface area (Å²) in [5.74, 6) is 0.148. The van der Waals surface area contributed by atoms with E-state index in [4.69, 9.17) is 15.9 Å². The smallest absolute Gasteiger partial charge is 0.410 e. The van der Waals surface area contributed by atoms with Gasteiger partial charge in [-0.1, -0.05) is 0 Å². The minimum atomic E-state index is -0.472. The van der Waals surface area contributed by atoms with Crippen molar-refractivity contribution in [3.63, 3.8) is 0 Å². The first-order valence-corrected chi connectivity index (χ1v) is 5.61. The number of hydrogen-bond acceptors (Lipinski definition) is 3. The summed E-state index contributed by atoms with van der Waals surface area (Å²) in [6, 6.07) is 0. The molecule has 5 nitrogen and oxygen atoms in total. The van der Waals surface area contributed by atoms with Gasteiger partial charge in [-0.3, -0.25) is 5.41 Å². The molecule has 1 rings (SSSR count). The van der Waals surface area contributed by atoms with Crippen molar-refractivity contribution in [1.82, 2.24) is 4.90 Å². The molecule has 0 saturated carbocycles. The van der Waals surface area contributed by atoms with Gasteiger partial charge in [0.05, 0.1) is 5.84 Å². The van der Waals surface area contributed by atoms with Crippen molar-refractivity contribution < 1.29 is 9.53 Å². The zero-order valence-electron chi connectivity index (χ0n) is 10.2. The Morgan fingerprint density at radius 1 is 1.50 bits per heavy atom. The van der Waals surface area contributed by atoms with Crippen LogP contribution in [0.1, 0.15) is 33.6 Å². The number of ether oxygens (including phenoxy) is 1. The highest BCUT2D eigenvalue weighted by Crippen LogP contribution is 2.18. The lowest BCUT2D eigenvalue weighted by Gasteiger charge is -2.33. The number of nitrogens with zero attached hydrogens (tertiary/aromatic N) is 1. The lowest BCUT2D eigenvalue weighted by molar-refractivity contribution is 0.0193. The van der Waals surface area contributed by atoms with Crippen LogP contribution in [-0.2, 0) is 4.74 Å². The molecule has 0 unspecified atom stereocenters. The van der Waals surface area contributed by atoms with Gasteiger partial charge in [0, 0.05) is 19.0 Å². The molecule has 3 N–H and O–H groups in total. The van der Waals surface area contributed by atoms with Crippen LogP contribution < -0.4 is 5.73 Å². The molecular weight excluding hydrogens is 206 g/mol. The van der Waals surface area contributed by atoms with Crippen molar-refractivity contribution in [3.05, 3.63) is 0 Å². The highest BCUT2D eigenvalue weighted by Gasteiger charge is 2.28. The number of nitrogens with two attached hydrogens (primary N) is 1. The van der Waals surface area contributed by atoms with Gasteiger partial charge < -0.3 is 15.4 Å². The first-order chi connectivity index (χ1) is 7.29. The van der Waals surface area contributed by atoms with Gasteiger partial charge in [-0.2, -0.15) is 0 Å². The number of amides is 1. The lowest BCUT2D eigenvalue weighted by atomic mass is 9.97. The van der Waals surface area contributed by atoms with Crippen molar-refractivity contribution in [2.24, 2.45) is 11.7 Å². The van der Waals surface area contributed by atoms with Crippen molar-refractivity contribution in [3.8, 4) is 0 Å². The largest absolute Gasteiger partial charge is 0.444 e. The standard InChI is InChI=1S/C11H21N3O2/c1-11(2,3)16-10(15)14-6-4-5-8(7-14)9(12)13/h8H,4-7H2,1-3H3,(H3,12,13)/t8-/m0/s1. The van der Waals surface area contributed by atoms with Gasteiger partial charge in [-0.25, -0.2) is 4.79 Å². The van der Waals surface area contributed by atoms with Gasteiger partial charge in [0.25, 0.3) is 0 Å². The van der Waals surface area contributed by atoms with Gasteiger partial charge in [0.2, 0.25) is 0 Å². The lowest BCUT2D eigenvalue weighted by Crippen LogP contribution is -2.45. The zero-order valence-corrected chi connectivity index (χ0v) is 10.2. The minimum absolute atomic E-state index is 0.0127. The first kappa shape index (κ1) is 12.8. The van der Waals surface area contributed by atoms with E-state index in [-0.39, 0.29) is 17.8 Å². The Bertz CT molecular complexity index is 283. The average molecular weight is 227 g/mol. The maximum Gasteiger partial charge on any atom is 0.410 e. The molecular formula is C11H21N3O2. The Morgan fingerprint density at radius 2 is 2.12 bits per heavy atom. The molecule has 1 atom stereocenters. The molecule has 1 heterocycles. The Labute approximate surface area is 96.4 Å². The molecule has 5 heteroatoms. The van der Waals surface area contributed by atoms with Crippen molar-refractivity contribution in [1.29, 1.82) is 5.41 Å². The molecule has 0 aliphatic carbocycles. The highest BCUT2D eigenvalue weighted by molar-refractivity contribution is 5.80. The predicted molar refractivity (Wildman–Crippen MR) is 62.4 cm³/mol. The second-order valence-electron chi connectivity index (χ2n) is 5.22. The molecule has 92 valence electrons. The summed E-state index contributed by atoms with van der Waals surface area (Å²) >= 11 is 0. The topological polar surface area (TPSA) is 79.4 Å². The number of rotatable bonds is 1. The van der Waals surface area contributed by atoms with E-state index < -0.39 is 5.60 Å². The molecule has 1 amide bonds. The Balaban J connectivity index is 2.54. The molecule has 0 spiro atoms. The molecule has 0 aromatic rings. The van der Waals surface area contributed by atoms with E-state index in [1.54, 1.807) is 4.90 Å². The molecule has 16 heavy (non-hydrogen) atoms. The summed E-state index contributed by atoms with van der Waals surface area (Å²) in [6.45, 7) is 6.73. The van der Waals surface area contributed by atoms with Gasteiger partial charge >= 0.3 is 6.09 Å². The van der Waals surface area contributed by atoms with E-state index >= 15 is 0 Å². The summed E-state index contributed by atoms with van der Waals surface area (Å²) < 4.78 is 5.28. The normalized spacial score (nSPS) is 21.7. The van der Waals surface area contributed by atoms with E-state index in [1.165, 1.54) is 0 Å². The van der Waals surface area contributed by atoms with Crippen LogP contribution in [0, 0.1) is 11.3 Å². The monoisotopic (exact) mass is 227 g/mol. The van der Waals surface area contributed by atoms with Gasteiger partial charge in [0.15, 0.2) is 0 Å². The summed E-state index contributed by atoms with van der Waals surface area (Å²) in [6.07, 6.45) is 1.46. The number of nitrogens with one attached hydrogen (secondary N) is 1. The highest BCUT2D eigenvalue weighted by atomic mass is 16.6. The number of amidine groups is 1. The van der Waals surface area contributed by atoms with E-state index in [0.29, 0.717) is 13.1 Å². The zero-order chi connectivity index (χ0) is 12.3. The third kappa shape index (κ3) is 3.72. The summed E-state index contributed by atoms with van der Waals surface area (Å²) in [4.78, 5) is 13.4. The molecule has 1 aliphatic rings. The van der Waals surface area contributed by atoms with Crippen LogP contribution in [0.2, 0.25) is 0 Å². The third-order valence-corrected chi connectivity index (χ3v) is 2.51. The minimum Gasteiger partial charge on any atom is -0.444 e. The molecule has 0 aromatic heterocycles. The van der Waals surface area contributed by atoms with E-state index in [2.05, 4.69) is 0 Å². The quantitative estimate of drug-likeness (QED) is 0.527. The number of carbonyl (C=O) groups excluding carboxylic acids is 1. The van der Waals surface area contributed by atoms with Crippen LogP contribution in [0.4, 0.5) is 4.79 Å². The average Bonchev–Trinajstić information content (AvgIpc) is 2.15. The number of likely N-dealkylation sites (tertiary alicyclic amines) is 1. The summed E-state index contributed by atoms with van der Waals surface area (Å²) in [5, 5.41) is 7.40. The fourth-order valence-electron chi connectivity index (χ4n) is 1.72. The second kappa shape index (κ2) is 4.72.